The van der Waals surface area contributed by atoms with Gasteiger partial charge in [0.15, 0.2) is 12.3 Å². The van der Waals surface area contributed by atoms with Gasteiger partial charge in [-0.2, -0.15) is 0 Å². The van der Waals surface area contributed by atoms with Crippen LogP contribution in [0.15, 0.2) is 47.0 Å². The zero-order valence-corrected chi connectivity index (χ0v) is 16.5. The summed E-state index contributed by atoms with van der Waals surface area (Å²) in [6.45, 7) is 2.60. The molecule has 0 spiro atoms. The van der Waals surface area contributed by atoms with Crippen molar-refractivity contribution in [3.05, 3.63) is 65.3 Å². The van der Waals surface area contributed by atoms with E-state index in [2.05, 4.69) is 9.97 Å². The van der Waals surface area contributed by atoms with Crippen LogP contribution >= 0.6 is 0 Å². The van der Waals surface area contributed by atoms with E-state index in [1.165, 1.54) is 12.3 Å². The highest BCUT2D eigenvalue weighted by Gasteiger charge is 2.23. The molecule has 1 aliphatic rings. The molecule has 2 aromatic heterocycles. The van der Waals surface area contributed by atoms with E-state index in [1.54, 1.807) is 11.8 Å². The van der Waals surface area contributed by atoms with Crippen LogP contribution in [0.5, 0.6) is 0 Å². The molecule has 154 valence electrons. The number of oxazole rings is 1. The number of carbonyl (C=O) groups is 3. The lowest BCUT2D eigenvalue weighted by Crippen LogP contribution is -2.27. The molecule has 3 heterocycles. The van der Waals surface area contributed by atoms with Crippen LogP contribution in [-0.4, -0.2) is 52.2 Å². The Balaban J connectivity index is 1.38. The fourth-order valence-corrected chi connectivity index (χ4v) is 3.34. The third kappa shape index (κ3) is 4.03. The number of Topliss-reactive ketones (excluding diaryl/α,β-unsaturated/α-hetero) is 1. The molecule has 1 N–H and O–H groups in total. The maximum Gasteiger partial charge on any atom is 0.361 e. The highest BCUT2D eigenvalue weighted by atomic mass is 16.5. The fourth-order valence-electron chi connectivity index (χ4n) is 3.34. The van der Waals surface area contributed by atoms with Crippen molar-refractivity contribution >= 4 is 17.7 Å². The number of hydrogen-bond donors (Lipinski definition) is 1. The summed E-state index contributed by atoms with van der Waals surface area (Å²) in [6, 6.07) is 10.7. The number of hydrogen-bond acceptors (Lipinski definition) is 6. The predicted molar refractivity (Wildman–Crippen MR) is 107 cm³/mol. The van der Waals surface area contributed by atoms with Crippen LogP contribution in [-0.2, 0) is 4.74 Å². The summed E-state index contributed by atoms with van der Waals surface area (Å²) in [6.07, 6.45) is 3.43. The second-order valence-corrected chi connectivity index (χ2v) is 7.09. The van der Waals surface area contributed by atoms with Crippen LogP contribution in [0, 0.1) is 6.92 Å². The van der Waals surface area contributed by atoms with Crippen molar-refractivity contribution in [2.75, 3.05) is 19.7 Å². The van der Waals surface area contributed by atoms with Gasteiger partial charge < -0.3 is 19.0 Å². The minimum Gasteiger partial charge on any atom is -0.452 e. The van der Waals surface area contributed by atoms with Crippen LogP contribution in [0.1, 0.15) is 49.9 Å². The molecule has 0 saturated carbocycles. The summed E-state index contributed by atoms with van der Waals surface area (Å²) in [4.78, 5) is 45.9. The number of nitrogens with zero attached hydrogens (tertiary/aromatic N) is 2. The minimum atomic E-state index is -0.740. The maximum atomic E-state index is 12.4. The number of ether oxygens (including phenoxy) is 1. The quantitative estimate of drug-likeness (QED) is 0.497. The molecule has 8 nitrogen and oxygen atoms in total. The summed E-state index contributed by atoms with van der Waals surface area (Å²) in [5.74, 6) is -0.663. The molecule has 1 aromatic carbocycles. The van der Waals surface area contributed by atoms with Gasteiger partial charge in [0.2, 0.25) is 11.7 Å². The van der Waals surface area contributed by atoms with E-state index in [1.807, 2.05) is 30.3 Å². The lowest BCUT2D eigenvalue weighted by atomic mass is 10.2. The third-order valence-electron chi connectivity index (χ3n) is 4.97. The van der Waals surface area contributed by atoms with Crippen LogP contribution in [0.3, 0.4) is 0 Å². The molecule has 1 amide bonds. The highest BCUT2D eigenvalue weighted by Crippen LogP contribution is 2.22. The SMILES string of the molecule is Cc1oc(-c2ccccc2)nc1C(=O)OCC(=O)c1c[nH]c(C(=O)N2CCCC2)c1. The highest BCUT2D eigenvalue weighted by molar-refractivity contribution is 6.02. The number of esters is 1. The predicted octanol–water partition coefficient (Wildman–Crippen LogP) is 3.25. The number of aryl methyl sites for hydroxylation is 1. The number of nitrogens with one attached hydrogen (secondary N) is 1. The number of ketones is 1. The molecule has 0 radical (unpaired) electrons. The van der Waals surface area contributed by atoms with E-state index < -0.39 is 18.4 Å². The summed E-state index contributed by atoms with van der Waals surface area (Å²) in [7, 11) is 0. The molecule has 0 atom stereocenters. The van der Waals surface area contributed by atoms with E-state index >= 15 is 0 Å². The van der Waals surface area contributed by atoms with E-state index in [-0.39, 0.29) is 17.2 Å². The Bertz CT molecular complexity index is 1080. The minimum absolute atomic E-state index is 0.0284. The van der Waals surface area contributed by atoms with Crippen LogP contribution < -0.4 is 0 Å². The summed E-state index contributed by atoms with van der Waals surface area (Å²) >= 11 is 0. The second kappa shape index (κ2) is 8.36. The normalized spacial score (nSPS) is 13.4. The Labute approximate surface area is 172 Å². The first-order chi connectivity index (χ1) is 14.5. The van der Waals surface area contributed by atoms with Crippen molar-refractivity contribution in [2.24, 2.45) is 0 Å². The van der Waals surface area contributed by atoms with Gasteiger partial charge in [0.25, 0.3) is 5.91 Å². The van der Waals surface area contributed by atoms with E-state index in [9.17, 15) is 14.4 Å². The first kappa shape index (κ1) is 19.6. The van der Waals surface area contributed by atoms with Gasteiger partial charge in [0, 0.05) is 30.4 Å². The average molecular weight is 407 g/mol. The van der Waals surface area contributed by atoms with Crippen molar-refractivity contribution in [2.45, 2.75) is 19.8 Å². The van der Waals surface area contributed by atoms with Gasteiger partial charge in [-0.15, -0.1) is 0 Å². The van der Waals surface area contributed by atoms with Gasteiger partial charge in [0.05, 0.1) is 0 Å². The molecule has 8 heteroatoms. The Morgan fingerprint density at radius 1 is 1.17 bits per heavy atom. The molecule has 1 fully saturated rings. The molecular weight excluding hydrogens is 386 g/mol. The van der Waals surface area contributed by atoms with Gasteiger partial charge in [-0.3, -0.25) is 9.59 Å². The number of H-pyrrole nitrogens is 1. The standard InChI is InChI=1S/C22H21N3O5/c1-14-19(24-20(30-14)15-7-3-2-4-8-15)22(28)29-13-18(26)16-11-17(23-12-16)21(27)25-9-5-6-10-25/h2-4,7-8,11-12,23H,5-6,9-10,13H2,1H3. The Morgan fingerprint density at radius 3 is 2.63 bits per heavy atom. The number of rotatable bonds is 6. The van der Waals surface area contributed by atoms with Gasteiger partial charge in [-0.1, -0.05) is 18.2 Å². The third-order valence-corrected chi connectivity index (χ3v) is 4.97. The summed E-state index contributed by atoms with van der Waals surface area (Å²) in [5, 5.41) is 0. The molecule has 0 unspecified atom stereocenters. The molecule has 4 rings (SSSR count). The lowest BCUT2D eigenvalue weighted by Gasteiger charge is -2.13. The molecule has 0 bridgehead atoms. The second-order valence-electron chi connectivity index (χ2n) is 7.09. The summed E-state index contributed by atoms with van der Waals surface area (Å²) < 4.78 is 10.7. The Morgan fingerprint density at radius 2 is 1.90 bits per heavy atom. The topological polar surface area (TPSA) is 105 Å². The van der Waals surface area contributed by atoms with E-state index in [0.717, 1.165) is 31.5 Å². The molecule has 30 heavy (non-hydrogen) atoms. The monoisotopic (exact) mass is 407 g/mol. The van der Waals surface area contributed by atoms with Crippen molar-refractivity contribution in [3.63, 3.8) is 0 Å². The van der Waals surface area contributed by atoms with Crippen LogP contribution in [0.2, 0.25) is 0 Å². The Hall–Kier alpha value is -3.68. The number of amides is 1. The van der Waals surface area contributed by atoms with Crippen molar-refractivity contribution in [1.29, 1.82) is 0 Å². The average Bonchev–Trinajstić information content (AvgIpc) is 3.52. The van der Waals surface area contributed by atoms with Crippen LogP contribution in [0.4, 0.5) is 0 Å². The summed E-state index contributed by atoms with van der Waals surface area (Å²) in [5.41, 5.74) is 1.40. The van der Waals surface area contributed by atoms with Crippen molar-refractivity contribution in [3.8, 4) is 11.5 Å². The van der Waals surface area contributed by atoms with Crippen molar-refractivity contribution < 1.29 is 23.5 Å². The van der Waals surface area contributed by atoms with Gasteiger partial charge >= 0.3 is 5.97 Å². The molecular formula is C22H21N3O5. The molecule has 3 aromatic rings. The maximum absolute atomic E-state index is 12.4. The molecule has 1 saturated heterocycles. The number of likely N-dealkylation sites (tertiary alicyclic amines) is 1. The zero-order valence-electron chi connectivity index (χ0n) is 16.5. The largest absolute Gasteiger partial charge is 0.452 e. The first-order valence-electron chi connectivity index (χ1n) is 9.74. The van der Waals surface area contributed by atoms with Gasteiger partial charge in [-0.05, 0) is 38.0 Å². The van der Waals surface area contributed by atoms with E-state index in [4.69, 9.17) is 9.15 Å². The molecule has 1 aliphatic heterocycles. The van der Waals surface area contributed by atoms with Gasteiger partial charge in [0.1, 0.15) is 11.5 Å². The number of carbonyl (C=O) groups excluding carboxylic acids is 3. The number of aromatic amines is 1. The van der Waals surface area contributed by atoms with Crippen LogP contribution in [0.25, 0.3) is 11.5 Å². The fraction of sp³-hybridized carbons (Fsp3) is 0.273. The van der Waals surface area contributed by atoms with Crippen molar-refractivity contribution in [1.82, 2.24) is 14.9 Å². The first-order valence-corrected chi connectivity index (χ1v) is 9.74. The van der Waals surface area contributed by atoms with Gasteiger partial charge in [-0.25, -0.2) is 9.78 Å². The lowest BCUT2D eigenvalue weighted by molar-refractivity contribution is 0.0467. The molecule has 0 aliphatic carbocycles. The Kier molecular flexibility index (Phi) is 5.47. The number of aromatic nitrogens is 2. The zero-order chi connectivity index (χ0) is 21.1. The smallest absolute Gasteiger partial charge is 0.361 e. The van der Waals surface area contributed by atoms with E-state index in [0.29, 0.717) is 17.3 Å². The number of benzene rings is 1.